The highest BCUT2D eigenvalue weighted by atomic mass is 35.5. The van der Waals surface area contributed by atoms with E-state index < -0.39 is 15.9 Å². The summed E-state index contributed by atoms with van der Waals surface area (Å²) in [5, 5.41) is 8.44. The summed E-state index contributed by atoms with van der Waals surface area (Å²) in [5.74, 6) is -0.341. The molecule has 8 nitrogen and oxygen atoms in total. The van der Waals surface area contributed by atoms with Crippen LogP contribution in [0.1, 0.15) is 26.3 Å². The summed E-state index contributed by atoms with van der Waals surface area (Å²) < 4.78 is 23.8. The van der Waals surface area contributed by atoms with E-state index in [1.165, 1.54) is 30.7 Å². The first kappa shape index (κ1) is 24.2. The van der Waals surface area contributed by atoms with Gasteiger partial charge in [-0.15, -0.1) is 0 Å². The van der Waals surface area contributed by atoms with Crippen molar-refractivity contribution in [3.05, 3.63) is 107 Å². The van der Waals surface area contributed by atoms with Crippen molar-refractivity contribution in [2.45, 2.75) is 11.3 Å². The summed E-state index contributed by atoms with van der Waals surface area (Å²) in [7, 11) is -3.91. The number of amides is 1. The van der Waals surface area contributed by atoms with Crippen molar-refractivity contribution in [1.82, 2.24) is 9.97 Å². The number of rotatable bonds is 7. The van der Waals surface area contributed by atoms with Gasteiger partial charge in [-0.25, -0.2) is 18.5 Å². The highest BCUT2D eigenvalue weighted by Gasteiger charge is 2.18. The lowest BCUT2D eigenvalue weighted by atomic mass is 9.98. The predicted octanol–water partition coefficient (Wildman–Crippen LogP) is 4.12. The van der Waals surface area contributed by atoms with Crippen molar-refractivity contribution in [3.63, 3.8) is 0 Å². The van der Waals surface area contributed by atoms with Crippen molar-refractivity contribution in [1.29, 1.82) is 0 Å². The van der Waals surface area contributed by atoms with Crippen LogP contribution in [0.25, 0.3) is 11.1 Å². The summed E-state index contributed by atoms with van der Waals surface area (Å²) in [5.41, 5.74) is 2.19. The molecule has 4 rings (SSSR count). The molecule has 35 heavy (non-hydrogen) atoms. The Kier molecular flexibility index (Phi) is 7.02. The number of sulfonamides is 1. The van der Waals surface area contributed by atoms with Crippen molar-refractivity contribution < 1.29 is 18.0 Å². The first-order chi connectivity index (χ1) is 16.7. The SMILES string of the molecule is NS(=O)(=O)c1ccccc1-c1ccc(C(=O)Cc2cnccc2C(=O)Nc2ccc(Cl)cn2)cc1. The van der Waals surface area contributed by atoms with Gasteiger partial charge < -0.3 is 5.32 Å². The number of hydrogen-bond acceptors (Lipinski definition) is 6. The number of nitrogens with two attached hydrogens (primary N) is 1. The zero-order valence-electron chi connectivity index (χ0n) is 18.2. The average molecular weight is 507 g/mol. The van der Waals surface area contributed by atoms with Crippen molar-refractivity contribution in [3.8, 4) is 11.1 Å². The van der Waals surface area contributed by atoms with Gasteiger partial charge in [-0.1, -0.05) is 54.1 Å². The number of primary sulfonamides is 1. The van der Waals surface area contributed by atoms with E-state index in [2.05, 4.69) is 15.3 Å². The number of carbonyl (C=O) groups is 2. The fourth-order valence-electron chi connectivity index (χ4n) is 3.49. The number of benzene rings is 2. The molecule has 0 aliphatic carbocycles. The summed E-state index contributed by atoms with van der Waals surface area (Å²) in [6.07, 6.45) is 4.30. The van der Waals surface area contributed by atoms with Crippen LogP contribution >= 0.6 is 11.6 Å². The molecule has 10 heteroatoms. The van der Waals surface area contributed by atoms with Gasteiger partial charge in [0, 0.05) is 41.7 Å². The molecule has 2 aromatic heterocycles. The second kappa shape index (κ2) is 10.1. The van der Waals surface area contributed by atoms with Crippen molar-refractivity contribution in [2.75, 3.05) is 5.32 Å². The summed E-state index contributed by atoms with van der Waals surface area (Å²) in [4.78, 5) is 33.8. The molecular formula is C25H19ClN4O4S. The van der Waals surface area contributed by atoms with Crippen LogP contribution in [0.4, 0.5) is 5.82 Å². The second-order valence-electron chi connectivity index (χ2n) is 7.57. The van der Waals surface area contributed by atoms with Gasteiger partial charge in [0.15, 0.2) is 5.78 Å². The van der Waals surface area contributed by atoms with Crippen LogP contribution < -0.4 is 10.5 Å². The number of halogens is 1. The molecule has 0 atom stereocenters. The zero-order chi connectivity index (χ0) is 25.0. The normalized spacial score (nSPS) is 11.1. The summed E-state index contributed by atoms with van der Waals surface area (Å²) in [6.45, 7) is 0. The lowest BCUT2D eigenvalue weighted by Crippen LogP contribution is -2.17. The third-order valence-electron chi connectivity index (χ3n) is 5.18. The van der Waals surface area contributed by atoms with E-state index in [-0.39, 0.29) is 17.1 Å². The minimum absolute atomic E-state index is 0.000248. The third kappa shape index (κ3) is 5.78. The van der Waals surface area contributed by atoms with Gasteiger partial charge in [-0.3, -0.25) is 14.6 Å². The Morgan fingerprint density at radius 3 is 2.37 bits per heavy atom. The van der Waals surface area contributed by atoms with E-state index in [0.717, 1.165) is 0 Å². The minimum Gasteiger partial charge on any atom is -0.307 e. The van der Waals surface area contributed by atoms with Crippen LogP contribution in [-0.4, -0.2) is 30.1 Å². The number of ketones is 1. The number of Topliss-reactive ketones (excluding diaryl/α,β-unsaturated/α-hetero) is 1. The fourth-order valence-corrected chi connectivity index (χ4v) is 4.36. The molecule has 2 aromatic carbocycles. The molecule has 0 saturated carbocycles. The molecule has 0 aliphatic rings. The first-order valence-electron chi connectivity index (χ1n) is 10.3. The van der Waals surface area contributed by atoms with Crippen LogP contribution in [0.5, 0.6) is 0 Å². The number of anilines is 1. The molecule has 0 fully saturated rings. The Labute approximate surface area is 206 Å². The van der Waals surface area contributed by atoms with E-state index in [1.54, 1.807) is 54.6 Å². The number of nitrogens with zero attached hydrogens (tertiary/aromatic N) is 2. The average Bonchev–Trinajstić information content (AvgIpc) is 2.85. The number of nitrogens with one attached hydrogen (secondary N) is 1. The van der Waals surface area contributed by atoms with Crippen LogP contribution in [0, 0.1) is 0 Å². The van der Waals surface area contributed by atoms with E-state index in [1.807, 2.05) is 0 Å². The maximum Gasteiger partial charge on any atom is 0.257 e. The molecule has 0 radical (unpaired) electrons. The Hall–Kier alpha value is -3.92. The zero-order valence-corrected chi connectivity index (χ0v) is 19.8. The van der Waals surface area contributed by atoms with Crippen LogP contribution in [0.3, 0.4) is 0 Å². The summed E-state index contributed by atoms with van der Waals surface area (Å²) >= 11 is 5.82. The predicted molar refractivity (Wildman–Crippen MR) is 133 cm³/mol. The Bertz CT molecular complexity index is 1510. The van der Waals surface area contributed by atoms with E-state index in [0.29, 0.717) is 38.7 Å². The molecule has 0 aliphatic heterocycles. The van der Waals surface area contributed by atoms with Gasteiger partial charge in [-0.05, 0) is 35.4 Å². The molecule has 176 valence electrons. The molecule has 0 bridgehead atoms. The molecule has 0 saturated heterocycles. The minimum atomic E-state index is -3.91. The monoisotopic (exact) mass is 506 g/mol. The molecule has 3 N–H and O–H groups in total. The third-order valence-corrected chi connectivity index (χ3v) is 6.37. The Morgan fingerprint density at radius 2 is 1.69 bits per heavy atom. The lowest BCUT2D eigenvalue weighted by molar-refractivity contribution is 0.0992. The molecule has 1 amide bonds. The number of pyridine rings is 2. The van der Waals surface area contributed by atoms with E-state index in [9.17, 15) is 18.0 Å². The largest absolute Gasteiger partial charge is 0.307 e. The summed E-state index contributed by atoms with van der Waals surface area (Å²) in [6, 6.07) is 17.6. The van der Waals surface area contributed by atoms with Gasteiger partial charge in [-0.2, -0.15) is 0 Å². The Balaban J connectivity index is 1.53. The molecule has 0 spiro atoms. The maximum atomic E-state index is 13.0. The standard InChI is InChI=1S/C25H19ClN4O4S/c26-19-9-10-24(29-15-19)30-25(32)21-11-12-28-14-18(21)13-22(31)17-7-5-16(6-8-17)20-3-1-2-4-23(20)35(27,33)34/h1-12,14-15H,13H2,(H2,27,33,34)(H,29,30,32). The van der Waals surface area contributed by atoms with E-state index >= 15 is 0 Å². The topological polar surface area (TPSA) is 132 Å². The fraction of sp³-hybridized carbons (Fsp3) is 0.0400. The van der Waals surface area contributed by atoms with Gasteiger partial charge in [0.2, 0.25) is 10.0 Å². The highest BCUT2D eigenvalue weighted by molar-refractivity contribution is 7.89. The van der Waals surface area contributed by atoms with Crippen molar-refractivity contribution in [2.24, 2.45) is 5.14 Å². The molecular weight excluding hydrogens is 488 g/mol. The van der Waals surface area contributed by atoms with Crippen LogP contribution in [0.15, 0.2) is 90.2 Å². The maximum absolute atomic E-state index is 13.0. The van der Waals surface area contributed by atoms with Gasteiger partial charge >= 0.3 is 0 Å². The number of hydrogen-bond donors (Lipinski definition) is 2. The number of carbonyl (C=O) groups excluding carboxylic acids is 2. The van der Waals surface area contributed by atoms with Crippen LogP contribution in [0.2, 0.25) is 5.02 Å². The Morgan fingerprint density at radius 1 is 0.943 bits per heavy atom. The van der Waals surface area contributed by atoms with Gasteiger partial charge in [0.1, 0.15) is 5.82 Å². The van der Waals surface area contributed by atoms with E-state index in [4.69, 9.17) is 16.7 Å². The second-order valence-corrected chi connectivity index (χ2v) is 9.53. The molecule has 0 unspecified atom stereocenters. The molecule has 4 aromatic rings. The quantitative estimate of drug-likeness (QED) is 0.362. The highest BCUT2D eigenvalue weighted by Crippen LogP contribution is 2.27. The van der Waals surface area contributed by atoms with Crippen molar-refractivity contribution >= 4 is 39.1 Å². The first-order valence-corrected chi connectivity index (χ1v) is 12.3. The van der Waals surface area contributed by atoms with Crippen LogP contribution in [-0.2, 0) is 16.4 Å². The van der Waals surface area contributed by atoms with Gasteiger partial charge in [0.25, 0.3) is 5.91 Å². The lowest BCUT2D eigenvalue weighted by Gasteiger charge is -2.10. The molecule has 2 heterocycles. The smallest absolute Gasteiger partial charge is 0.257 e. The number of aromatic nitrogens is 2. The van der Waals surface area contributed by atoms with Gasteiger partial charge in [0.05, 0.1) is 9.92 Å².